The lowest BCUT2D eigenvalue weighted by molar-refractivity contribution is -0.385. The summed E-state index contributed by atoms with van der Waals surface area (Å²) in [5, 5.41) is 20.0. The molecule has 10 heteroatoms. The van der Waals surface area contributed by atoms with E-state index in [1.807, 2.05) is 6.07 Å². The molecule has 0 spiro atoms. The zero-order valence-electron chi connectivity index (χ0n) is 16.2. The van der Waals surface area contributed by atoms with Crippen LogP contribution in [0.4, 0.5) is 5.69 Å². The van der Waals surface area contributed by atoms with E-state index < -0.39 is 28.6 Å². The first-order chi connectivity index (χ1) is 13.8. The van der Waals surface area contributed by atoms with Crippen LogP contribution in [0.25, 0.3) is 0 Å². The van der Waals surface area contributed by atoms with Gasteiger partial charge in [0.2, 0.25) is 5.91 Å². The minimum atomic E-state index is -0.750. The fourth-order valence-corrected chi connectivity index (χ4v) is 2.64. The van der Waals surface area contributed by atoms with Crippen LogP contribution in [0, 0.1) is 21.4 Å². The summed E-state index contributed by atoms with van der Waals surface area (Å²) in [4.78, 5) is 36.3. The molecule has 1 heterocycles. The lowest BCUT2D eigenvalue weighted by atomic mass is 10.1. The van der Waals surface area contributed by atoms with Gasteiger partial charge in [0, 0.05) is 19.7 Å². The summed E-state index contributed by atoms with van der Waals surface area (Å²) < 4.78 is 11.3. The number of hydrogen-bond acceptors (Lipinski definition) is 7. The van der Waals surface area contributed by atoms with Crippen LogP contribution >= 0.6 is 0 Å². The lowest BCUT2D eigenvalue weighted by Gasteiger charge is -2.18. The Morgan fingerprint density at radius 2 is 1.97 bits per heavy atom. The van der Waals surface area contributed by atoms with Gasteiger partial charge in [0.1, 0.15) is 18.2 Å². The Balaban J connectivity index is 2.10. The van der Waals surface area contributed by atoms with Crippen molar-refractivity contribution in [2.24, 2.45) is 0 Å². The summed E-state index contributed by atoms with van der Waals surface area (Å²) in [6.45, 7) is -0.0548. The van der Waals surface area contributed by atoms with Crippen molar-refractivity contribution in [1.29, 1.82) is 5.26 Å². The molecule has 2 aromatic rings. The number of nitro groups is 1. The van der Waals surface area contributed by atoms with Crippen molar-refractivity contribution in [2.45, 2.75) is 13.0 Å². The molecule has 1 amide bonds. The number of nitrogens with zero attached hydrogens (tertiary/aromatic N) is 4. The van der Waals surface area contributed by atoms with Gasteiger partial charge in [-0.05, 0) is 24.1 Å². The van der Waals surface area contributed by atoms with Gasteiger partial charge in [0.05, 0.1) is 25.3 Å². The number of carbonyl (C=O) groups excluding carboxylic acids is 1. The number of aromatic nitrogens is 1. The zero-order valence-corrected chi connectivity index (χ0v) is 16.2. The highest BCUT2D eigenvalue weighted by Gasteiger charge is 2.17. The predicted molar refractivity (Wildman–Crippen MR) is 103 cm³/mol. The fraction of sp³-hybridized carbons (Fsp3) is 0.316. The average Bonchev–Trinajstić information content (AvgIpc) is 2.72. The van der Waals surface area contributed by atoms with E-state index in [1.165, 1.54) is 19.1 Å². The molecule has 0 saturated heterocycles. The molecule has 152 valence electrons. The van der Waals surface area contributed by atoms with E-state index in [1.54, 1.807) is 25.2 Å². The first-order valence-corrected chi connectivity index (χ1v) is 8.54. The largest absolute Gasteiger partial charge is 0.493 e. The monoisotopic (exact) mass is 400 g/mol. The zero-order chi connectivity index (χ0) is 21.6. The Labute approximate surface area is 166 Å². The van der Waals surface area contributed by atoms with Gasteiger partial charge in [-0.25, -0.2) is 0 Å². The third-order valence-corrected chi connectivity index (χ3v) is 4.32. The van der Waals surface area contributed by atoms with E-state index in [4.69, 9.17) is 14.7 Å². The third kappa shape index (κ3) is 5.10. The number of ether oxygens (including phenoxy) is 2. The SMILES string of the molecule is COc1ccc(CCN(C)C(=O)Cn2cc([N+](=O)[O-])cc(C#N)c2=O)cc1OC. The van der Waals surface area contributed by atoms with Crippen LogP contribution in [0.3, 0.4) is 0 Å². The molecular weight excluding hydrogens is 380 g/mol. The van der Waals surface area contributed by atoms with Gasteiger partial charge in [-0.2, -0.15) is 5.26 Å². The number of methoxy groups -OCH3 is 2. The third-order valence-electron chi connectivity index (χ3n) is 4.32. The van der Waals surface area contributed by atoms with E-state index in [-0.39, 0.29) is 5.56 Å². The molecule has 0 bridgehead atoms. The smallest absolute Gasteiger partial charge is 0.287 e. The maximum absolute atomic E-state index is 12.5. The van der Waals surface area contributed by atoms with Crippen molar-refractivity contribution < 1.29 is 19.2 Å². The Kier molecular flexibility index (Phi) is 6.92. The lowest BCUT2D eigenvalue weighted by Crippen LogP contribution is -2.35. The molecule has 1 aromatic heterocycles. The molecule has 0 saturated carbocycles. The molecule has 0 aliphatic carbocycles. The number of hydrogen-bond donors (Lipinski definition) is 0. The number of pyridine rings is 1. The van der Waals surface area contributed by atoms with Crippen molar-refractivity contribution in [3.8, 4) is 17.6 Å². The molecule has 0 N–H and O–H groups in total. The molecule has 0 aliphatic heterocycles. The van der Waals surface area contributed by atoms with Gasteiger partial charge in [-0.3, -0.25) is 24.3 Å². The van der Waals surface area contributed by atoms with Crippen molar-refractivity contribution in [1.82, 2.24) is 9.47 Å². The maximum atomic E-state index is 12.5. The Bertz CT molecular complexity index is 1020. The number of amides is 1. The summed E-state index contributed by atoms with van der Waals surface area (Å²) in [5.41, 5.74) is -0.650. The van der Waals surface area contributed by atoms with Crippen molar-refractivity contribution in [3.63, 3.8) is 0 Å². The van der Waals surface area contributed by atoms with Crippen LogP contribution in [-0.4, -0.2) is 48.1 Å². The number of rotatable bonds is 8. The van der Waals surface area contributed by atoms with Gasteiger partial charge in [-0.15, -0.1) is 0 Å². The number of benzene rings is 1. The summed E-state index contributed by atoms with van der Waals surface area (Å²) in [7, 11) is 4.64. The highest BCUT2D eigenvalue weighted by atomic mass is 16.6. The fourth-order valence-electron chi connectivity index (χ4n) is 2.64. The molecule has 2 rings (SSSR count). The standard InChI is InChI=1S/C19H20N4O6/c1-21(7-6-13-4-5-16(28-2)17(8-13)29-3)18(24)12-22-11-15(23(26)27)9-14(10-20)19(22)25/h4-5,8-9,11H,6-7,12H2,1-3H3. The molecule has 29 heavy (non-hydrogen) atoms. The van der Waals surface area contributed by atoms with E-state index in [2.05, 4.69) is 0 Å². The van der Waals surface area contributed by atoms with Crippen LogP contribution in [0.2, 0.25) is 0 Å². The highest BCUT2D eigenvalue weighted by Crippen LogP contribution is 2.27. The molecule has 0 unspecified atom stereocenters. The van der Waals surface area contributed by atoms with Gasteiger partial charge >= 0.3 is 0 Å². The molecule has 0 radical (unpaired) electrons. The summed E-state index contributed by atoms with van der Waals surface area (Å²) >= 11 is 0. The maximum Gasteiger partial charge on any atom is 0.287 e. The number of nitriles is 1. The van der Waals surface area contributed by atoms with Gasteiger partial charge in [0.15, 0.2) is 11.5 Å². The normalized spacial score (nSPS) is 10.1. The number of likely N-dealkylation sites (N-methyl/N-ethyl adjacent to an activating group) is 1. The molecule has 0 fully saturated rings. The predicted octanol–water partition coefficient (Wildman–Crippen LogP) is 1.35. The second-order valence-corrected chi connectivity index (χ2v) is 6.17. The summed E-state index contributed by atoms with van der Waals surface area (Å²) in [6, 6.07) is 7.93. The van der Waals surface area contributed by atoms with E-state index in [0.717, 1.165) is 22.4 Å². The minimum Gasteiger partial charge on any atom is -0.493 e. The van der Waals surface area contributed by atoms with Crippen molar-refractivity contribution in [3.05, 3.63) is 62.1 Å². The van der Waals surface area contributed by atoms with Crippen LogP contribution in [-0.2, 0) is 17.8 Å². The summed E-state index contributed by atoms with van der Waals surface area (Å²) in [5.74, 6) is 0.752. The van der Waals surface area contributed by atoms with Crippen LogP contribution in [0.1, 0.15) is 11.1 Å². The first-order valence-electron chi connectivity index (χ1n) is 8.54. The number of carbonyl (C=O) groups is 1. The van der Waals surface area contributed by atoms with Gasteiger partial charge in [-0.1, -0.05) is 6.07 Å². The molecular formula is C19H20N4O6. The van der Waals surface area contributed by atoms with E-state index in [9.17, 15) is 19.7 Å². The molecule has 0 aliphatic rings. The van der Waals surface area contributed by atoms with Gasteiger partial charge < -0.3 is 14.4 Å². The molecule has 1 aromatic carbocycles. The van der Waals surface area contributed by atoms with Gasteiger partial charge in [0.25, 0.3) is 11.2 Å². The van der Waals surface area contributed by atoms with Crippen molar-refractivity contribution >= 4 is 11.6 Å². The van der Waals surface area contributed by atoms with Crippen LogP contribution in [0.5, 0.6) is 11.5 Å². The quantitative estimate of drug-likeness (QED) is 0.483. The second kappa shape index (κ2) is 9.36. The Morgan fingerprint density at radius 1 is 1.28 bits per heavy atom. The topological polar surface area (TPSA) is 128 Å². The summed E-state index contributed by atoms with van der Waals surface area (Å²) in [6.07, 6.45) is 1.49. The highest BCUT2D eigenvalue weighted by molar-refractivity contribution is 5.75. The Morgan fingerprint density at radius 3 is 2.55 bits per heavy atom. The second-order valence-electron chi connectivity index (χ2n) is 6.17. The Hall–Kier alpha value is -3.87. The van der Waals surface area contributed by atoms with E-state index >= 15 is 0 Å². The molecule has 0 atom stereocenters. The van der Waals surface area contributed by atoms with E-state index in [0.29, 0.717) is 24.5 Å². The van der Waals surface area contributed by atoms with Crippen molar-refractivity contribution in [2.75, 3.05) is 27.8 Å². The van der Waals surface area contributed by atoms with Crippen LogP contribution < -0.4 is 15.0 Å². The average molecular weight is 400 g/mol. The minimum absolute atomic E-state index is 0.350. The van der Waals surface area contributed by atoms with Crippen LogP contribution in [0.15, 0.2) is 35.3 Å². The molecule has 10 nitrogen and oxygen atoms in total. The first kappa shape index (κ1) is 21.4.